The number of hydrogen-bond acceptors (Lipinski definition) is 5. The molecule has 0 aliphatic rings. The first-order chi connectivity index (χ1) is 7.78. The monoisotopic (exact) mass is 274 g/mol. The van der Waals surface area contributed by atoms with E-state index < -0.39 is 5.60 Å². The van der Waals surface area contributed by atoms with Crippen LogP contribution < -0.4 is 5.73 Å². The summed E-state index contributed by atoms with van der Waals surface area (Å²) in [5, 5.41) is 1.02. The van der Waals surface area contributed by atoms with Gasteiger partial charge in [0.15, 0.2) is 0 Å². The number of carbonyl (C=O) groups is 1. The summed E-state index contributed by atoms with van der Waals surface area (Å²) in [5.74, 6) is -0.120. The SMILES string of the molecule is CC(C)(C)OC(=O)CSc1ncc(N)cc1Cl. The van der Waals surface area contributed by atoms with Crippen molar-refractivity contribution in [3.8, 4) is 0 Å². The molecule has 94 valence electrons. The minimum atomic E-state index is -0.476. The molecule has 0 spiro atoms. The summed E-state index contributed by atoms with van der Waals surface area (Å²) in [5.41, 5.74) is 5.54. The van der Waals surface area contributed by atoms with E-state index in [9.17, 15) is 4.79 Å². The van der Waals surface area contributed by atoms with Crippen molar-refractivity contribution in [1.29, 1.82) is 0 Å². The zero-order chi connectivity index (χ0) is 13.1. The second-order valence-electron chi connectivity index (χ2n) is 4.43. The van der Waals surface area contributed by atoms with Crippen LogP contribution in [0.1, 0.15) is 20.8 Å². The van der Waals surface area contributed by atoms with E-state index in [1.54, 1.807) is 6.07 Å². The van der Waals surface area contributed by atoms with Gasteiger partial charge in [-0.3, -0.25) is 4.79 Å². The molecule has 0 aromatic carbocycles. The summed E-state index contributed by atoms with van der Waals surface area (Å²) in [6.07, 6.45) is 1.50. The number of aromatic nitrogens is 1. The number of halogens is 1. The number of anilines is 1. The van der Waals surface area contributed by atoms with Gasteiger partial charge in [-0.25, -0.2) is 4.98 Å². The molecule has 17 heavy (non-hydrogen) atoms. The Balaban J connectivity index is 2.53. The molecule has 2 N–H and O–H groups in total. The smallest absolute Gasteiger partial charge is 0.316 e. The highest BCUT2D eigenvalue weighted by Crippen LogP contribution is 2.26. The maximum atomic E-state index is 11.5. The molecule has 6 heteroatoms. The summed E-state index contributed by atoms with van der Waals surface area (Å²) in [6.45, 7) is 5.47. The number of nitrogen functional groups attached to an aromatic ring is 1. The van der Waals surface area contributed by atoms with E-state index in [1.165, 1.54) is 18.0 Å². The summed E-state index contributed by atoms with van der Waals surface area (Å²) in [7, 11) is 0. The minimum Gasteiger partial charge on any atom is -0.459 e. The van der Waals surface area contributed by atoms with E-state index >= 15 is 0 Å². The number of thioether (sulfide) groups is 1. The van der Waals surface area contributed by atoms with Crippen molar-refractivity contribution < 1.29 is 9.53 Å². The predicted molar refractivity (Wildman–Crippen MR) is 70.2 cm³/mol. The standard InChI is InChI=1S/C11H15ClN2O2S/c1-11(2,3)16-9(15)6-17-10-8(12)4-7(13)5-14-10/h4-5H,6,13H2,1-3H3. The Morgan fingerprint density at radius 2 is 2.24 bits per heavy atom. The van der Waals surface area contributed by atoms with Gasteiger partial charge in [-0.2, -0.15) is 0 Å². The van der Waals surface area contributed by atoms with Crippen LogP contribution in [0.2, 0.25) is 5.02 Å². The molecule has 1 heterocycles. The lowest BCUT2D eigenvalue weighted by Gasteiger charge is -2.19. The lowest BCUT2D eigenvalue weighted by atomic mass is 10.2. The third kappa shape index (κ3) is 5.28. The Morgan fingerprint density at radius 3 is 2.76 bits per heavy atom. The molecule has 0 saturated carbocycles. The second-order valence-corrected chi connectivity index (χ2v) is 5.80. The van der Waals surface area contributed by atoms with Gasteiger partial charge in [0.05, 0.1) is 22.7 Å². The van der Waals surface area contributed by atoms with Crippen LogP contribution in [0.4, 0.5) is 5.69 Å². The van der Waals surface area contributed by atoms with Gasteiger partial charge in [0.25, 0.3) is 0 Å². The van der Waals surface area contributed by atoms with Crippen LogP contribution in [0, 0.1) is 0 Å². The first kappa shape index (κ1) is 14.1. The fourth-order valence-electron chi connectivity index (χ4n) is 1.04. The van der Waals surface area contributed by atoms with Crippen LogP contribution >= 0.6 is 23.4 Å². The van der Waals surface area contributed by atoms with Crippen molar-refractivity contribution in [2.75, 3.05) is 11.5 Å². The van der Waals surface area contributed by atoms with Gasteiger partial charge < -0.3 is 10.5 Å². The van der Waals surface area contributed by atoms with E-state index in [0.29, 0.717) is 15.7 Å². The van der Waals surface area contributed by atoms with Crippen LogP contribution in [0.25, 0.3) is 0 Å². The van der Waals surface area contributed by atoms with Crippen LogP contribution in [-0.2, 0) is 9.53 Å². The van der Waals surface area contributed by atoms with Gasteiger partial charge in [-0.15, -0.1) is 0 Å². The lowest BCUT2D eigenvalue weighted by molar-refractivity contribution is -0.151. The van der Waals surface area contributed by atoms with Gasteiger partial charge in [0.1, 0.15) is 10.6 Å². The largest absolute Gasteiger partial charge is 0.459 e. The Morgan fingerprint density at radius 1 is 1.59 bits per heavy atom. The number of carbonyl (C=O) groups excluding carboxylic acids is 1. The van der Waals surface area contributed by atoms with Gasteiger partial charge >= 0.3 is 5.97 Å². The Kier molecular flexibility index (Phi) is 4.65. The van der Waals surface area contributed by atoms with Gasteiger partial charge in [0, 0.05) is 0 Å². The number of rotatable bonds is 3. The summed E-state index contributed by atoms with van der Waals surface area (Å²) in [6, 6.07) is 1.60. The third-order valence-corrected chi connectivity index (χ3v) is 2.95. The Labute approximate surface area is 110 Å². The Hall–Kier alpha value is -0.940. The molecule has 0 aliphatic heterocycles. The van der Waals surface area contributed by atoms with Crippen molar-refractivity contribution in [2.45, 2.75) is 31.4 Å². The number of ether oxygens (including phenoxy) is 1. The lowest BCUT2D eigenvalue weighted by Crippen LogP contribution is -2.24. The highest BCUT2D eigenvalue weighted by atomic mass is 35.5. The first-order valence-electron chi connectivity index (χ1n) is 5.03. The van der Waals surface area contributed by atoms with Crippen molar-refractivity contribution in [1.82, 2.24) is 4.98 Å². The summed E-state index contributed by atoms with van der Waals surface area (Å²) >= 11 is 7.16. The molecule has 1 rings (SSSR count). The normalized spacial score (nSPS) is 11.3. The molecule has 0 bridgehead atoms. The molecule has 1 aromatic heterocycles. The van der Waals surface area contributed by atoms with Crippen molar-refractivity contribution in [3.63, 3.8) is 0 Å². The number of esters is 1. The van der Waals surface area contributed by atoms with Crippen LogP contribution in [0.5, 0.6) is 0 Å². The number of hydrogen-bond donors (Lipinski definition) is 1. The van der Waals surface area contributed by atoms with Crippen molar-refractivity contribution in [3.05, 3.63) is 17.3 Å². The molecule has 1 aromatic rings. The number of nitrogens with zero attached hydrogens (tertiary/aromatic N) is 1. The zero-order valence-corrected chi connectivity index (χ0v) is 11.6. The van der Waals surface area contributed by atoms with Gasteiger partial charge in [0.2, 0.25) is 0 Å². The number of nitrogens with two attached hydrogens (primary N) is 1. The highest BCUT2D eigenvalue weighted by Gasteiger charge is 2.17. The van der Waals surface area contributed by atoms with Crippen LogP contribution in [0.3, 0.4) is 0 Å². The molecule has 4 nitrogen and oxygen atoms in total. The highest BCUT2D eigenvalue weighted by molar-refractivity contribution is 8.00. The maximum Gasteiger partial charge on any atom is 0.316 e. The fraction of sp³-hybridized carbons (Fsp3) is 0.455. The van der Waals surface area contributed by atoms with Gasteiger partial charge in [-0.05, 0) is 26.8 Å². The molecule has 0 aliphatic carbocycles. The van der Waals surface area contributed by atoms with E-state index in [-0.39, 0.29) is 11.7 Å². The molecule has 0 amide bonds. The summed E-state index contributed by atoms with van der Waals surface area (Å²) in [4.78, 5) is 15.5. The molecular formula is C11H15ClN2O2S. The minimum absolute atomic E-state index is 0.175. The third-order valence-electron chi connectivity index (χ3n) is 1.58. The van der Waals surface area contributed by atoms with E-state index in [0.717, 1.165) is 0 Å². The first-order valence-corrected chi connectivity index (χ1v) is 6.40. The van der Waals surface area contributed by atoms with Crippen LogP contribution in [-0.4, -0.2) is 22.3 Å². The Bertz CT molecular complexity index is 418. The summed E-state index contributed by atoms with van der Waals surface area (Å²) < 4.78 is 5.17. The quantitative estimate of drug-likeness (QED) is 0.678. The van der Waals surface area contributed by atoms with E-state index in [2.05, 4.69) is 4.98 Å². The fourth-order valence-corrected chi connectivity index (χ4v) is 2.02. The molecule has 0 atom stereocenters. The van der Waals surface area contributed by atoms with Crippen LogP contribution in [0.15, 0.2) is 17.3 Å². The molecule has 0 saturated heterocycles. The van der Waals surface area contributed by atoms with Crippen molar-refractivity contribution >= 4 is 35.0 Å². The average molecular weight is 275 g/mol. The van der Waals surface area contributed by atoms with Crippen molar-refractivity contribution in [2.24, 2.45) is 0 Å². The second kappa shape index (κ2) is 5.60. The molecule has 0 fully saturated rings. The zero-order valence-electron chi connectivity index (χ0n) is 9.99. The maximum absolute atomic E-state index is 11.5. The van der Waals surface area contributed by atoms with E-state index in [4.69, 9.17) is 22.1 Å². The van der Waals surface area contributed by atoms with E-state index in [1.807, 2.05) is 20.8 Å². The average Bonchev–Trinajstić information content (AvgIpc) is 2.13. The molecular weight excluding hydrogens is 260 g/mol. The topological polar surface area (TPSA) is 65.2 Å². The molecule has 0 unspecified atom stereocenters. The predicted octanol–water partition coefficient (Wildman–Crippen LogP) is 2.75. The van der Waals surface area contributed by atoms with Gasteiger partial charge in [-0.1, -0.05) is 23.4 Å². The molecule has 0 radical (unpaired) electrons. The number of pyridine rings is 1.